The van der Waals surface area contributed by atoms with Gasteiger partial charge in [-0.3, -0.25) is 0 Å². The molecule has 0 aliphatic heterocycles. The third kappa shape index (κ3) is 3.20. The van der Waals surface area contributed by atoms with E-state index in [-0.39, 0.29) is 10.8 Å². The molecule has 2 aliphatic carbocycles. The van der Waals surface area contributed by atoms with Gasteiger partial charge in [0, 0.05) is 5.56 Å². The molecule has 1 nitrogen and oxygen atoms in total. The van der Waals surface area contributed by atoms with Gasteiger partial charge in [-0.2, -0.15) is 0 Å². The van der Waals surface area contributed by atoms with Crippen molar-refractivity contribution in [2.45, 2.75) is 66.2 Å². The van der Waals surface area contributed by atoms with Crippen molar-refractivity contribution in [3.8, 4) is 10.6 Å². The maximum atomic E-state index is 5.10. The van der Waals surface area contributed by atoms with E-state index in [2.05, 4.69) is 78.5 Å². The molecular formula is C26H33NS. The van der Waals surface area contributed by atoms with Crippen LogP contribution in [0.1, 0.15) is 70.5 Å². The topological polar surface area (TPSA) is 12.9 Å². The molecule has 2 aromatic rings. The molecule has 0 unspecified atom stereocenters. The molecule has 0 N–H and O–H groups in total. The summed E-state index contributed by atoms with van der Waals surface area (Å²) in [5.41, 5.74) is 7.24. The summed E-state index contributed by atoms with van der Waals surface area (Å²) < 4.78 is 0. The molecule has 28 heavy (non-hydrogen) atoms. The number of fused-ring (bicyclic) bond motifs is 3. The Morgan fingerprint density at radius 2 is 1.89 bits per heavy atom. The van der Waals surface area contributed by atoms with Crippen molar-refractivity contribution in [1.82, 2.24) is 4.98 Å². The van der Waals surface area contributed by atoms with Crippen LogP contribution in [0.2, 0.25) is 0 Å². The van der Waals surface area contributed by atoms with Gasteiger partial charge in [-0.15, -0.1) is 11.3 Å². The summed E-state index contributed by atoms with van der Waals surface area (Å²) in [6, 6.07) is 9.03. The summed E-state index contributed by atoms with van der Waals surface area (Å²) >= 11 is 1.90. The first-order chi connectivity index (χ1) is 13.1. The lowest BCUT2D eigenvalue weighted by Crippen LogP contribution is -2.36. The highest BCUT2D eigenvalue weighted by molar-refractivity contribution is 7.16. The molecule has 148 valence electrons. The second-order valence-electron chi connectivity index (χ2n) is 10.2. The molecule has 4 rings (SSSR count). The van der Waals surface area contributed by atoms with Crippen molar-refractivity contribution < 1.29 is 0 Å². The van der Waals surface area contributed by atoms with E-state index >= 15 is 0 Å². The largest absolute Gasteiger partial charge is 0.240 e. The number of benzene rings is 1. The fourth-order valence-corrected chi connectivity index (χ4v) is 6.12. The lowest BCUT2D eigenvalue weighted by Gasteiger charge is -2.46. The summed E-state index contributed by atoms with van der Waals surface area (Å²) in [4.78, 5) is 6.54. The highest BCUT2D eigenvalue weighted by Gasteiger charge is 2.45. The van der Waals surface area contributed by atoms with Gasteiger partial charge in [0.25, 0.3) is 0 Å². The number of thiazole rings is 1. The van der Waals surface area contributed by atoms with Crippen molar-refractivity contribution in [2.75, 3.05) is 0 Å². The third-order valence-corrected chi connectivity index (χ3v) is 8.30. The fraction of sp³-hybridized carbons (Fsp3) is 0.500. The van der Waals surface area contributed by atoms with Crippen LogP contribution in [0.4, 0.5) is 0 Å². The van der Waals surface area contributed by atoms with Gasteiger partial charge in [0.2, 0.25) is 0 Å². The molecule has 0 radical (unpaired) electrons. The van der Waals surface area contributed by atoms with Crippen molar-refractivity contribution in [2.24, 2.45) is 17.3 Å². The molecule has 0 saturated heterocycles. The Balaban J connectivity index is 1.72. The van der Waals surface area contributed by atoms with E-state index in [4.69, 9.17) is 4.98 Å². The number of nitrogens with zero attached hydrogens (tertiary/aromatic N) is 1. The Kier molecular flexibility index (Phi) is 4.69. The summed E-state index contributed by atoms with van der Waals surface area (Å²) in [6.45, 7) is 18.1. The molecule has 1 heterocycles. The van der Waals surface area contributed by atoms with E-state index in [0.717, 1.165) is 12.8 Å². The van der Waals surface area contributed by atoms with Crippen LogP contribution in [0, 0.1) is 17.3 Å². The van der Waals surface area contributed by atoms with Crippen molar-refractivity contribution >= 4 is 16.9 Å². The molecule has 0 spiro atoms. The second-order valence-corrected chi connectivity index (χ2v) is 11.2. The molecule has 3 atom stereocenters. The third-order valence-electron chi connectivity index (χ3n) is 7.12. The maximum absolute atomic E-state index is 5.10. The fourth-order valence-electron chi connectivity index (χ4n) is 4.84. The Morgan fingerprint density at radius 3 is 2.50 bits per heavy atom. The lowest BCUT2D eigenvalue weighted by molar-refractivity contribution is 0.217. The van der Waals surface area contributed by atoms with Crippen molar-refractivity contribution in [3.63, 3.8) is 0 Å². The number of aromatic nitrogens is 1. The van der Waals surface area contributed by atoms with Crippen LogP contribution in [0.5, 0.6) is 0 Å². The van der Waals surface area contributed by atoms with E-state index in [9.17, 15) is 0 Å². The first-order valence-electron chi connectivity index (χ1n) is 10.6. The molecule has 1 aromatic carbocycles. The smallest absolute Gasteiger partial charge is 0.124 e. The molecule has 2 heteroatoms. The predicted octanol–water partition coefficient (Wildman–Crippen LogP) is 7.68. The Morgan fingerprint density at radius 1 is 1.21 bits per heavy atom. The Hall–Kier alpha value is -1.67. The number of hydrogen-bond donors (Lipinski definition) is 0. The van der Waals surface area contributed by atoms with Crippen LogP contribution in [0.25, 0.3) is 16.1 Å². The van der Waals surface area contributed by atoms with Crippen LogP contribution >= 0.6 is 11.3 Å². The van der Waals surface area contributed by atoms with Crippen LogP contribution in [0.3, 0.4) is 0 Å². The number of rotatable bonds is 2. The van der Waals surface area contributed by atoms with Crippen molar-refractivity contribution in [3.05, 3.63) is 58.6 Å². The quantitative estimate of drug-likeness (QED) is 0.478. The van der Waals surface area contributed by atoms with Gasteiger partial charge >= 0.3 is 0 Å². The van der Waals surface area contributed by atoms with E-state index in [0.29, 0.717) is 11.8 Å². The Bertz CT molecular complexity index is 938. The molecule has 2 aliphatic rings. The average molecular weight is 392 g/mol. The van der Waals surface area contributed by atoms with Crippen LogP contribution in [-0.2, 0) is 11.8 Å². The summed E-state index contributed by atoms with van der Waals surface area (Å²) in [6.07, 6.45) is 5.94. The number of allylic oxidation sites excluding steroid dienone is 3. The van der Waals surface area contributed by atoms with Gasteiger partial charge in [0.05, 0.1) is 10.6 Å². The average Bonchev–Trinajstić information content (AvgIpc) is 3.04. The second kappa shape index (κ2) is 6.69. The zero-order valence-corrected chi connectivity index (χ0v) is 19.0. The van der Waals surface area contributed by atoms with Gasteiger partial charge in [-0.25, -0.2) is 4.98 Å². The van der Waals surface area contributed by atoms with E-state index in [1.54, 1.807) is 5.57 Å². The first-order valence-corrected chi connectivity index (χ1v) is 11.4. The molecule has 0 fully saturated rings. The molecule has 1 aromatic heterocycles. The molecule has 0 saturated carbocycles. The summed E-state index contributed by atoms with van der Waals surface area (Å²) in [5.74, 6) is 1.24. The first kappa shape index (κ1) is 19.6. The van der Waals surface area contributed by atoms with Gasteiger partial charge in [-0.05, 0) is 60.0 Å². The molecular weight excluding hydrogens is 358 g/mol. The van der Waals surface area contributed by atoms with E-state index in [1.807, 2.05) is 11.3 Å². The SMILES string of the molecule is C=C(C)[C@@H]1CC=C2c3sc(-c4ccc(C(C)(C)C)cc4)nc3C[C@@H](C)[C@]2(C)C1. The van der Waals surface area contributed by atoms with Gasteiger partial charge in [0.1, 0.15) is 5.01 Å². The minimum absolute atomic E-state index is 0.185. The highest BCUT2D eigenvalue weighted by atomic mass is 32.1. The summed E-state index contributed by atoms with van der Waals surface area (Å²) in [5, 5.41) is 1.17. The zero-order chi connectivity index (χ0) is 20.3. The molecule has 0 bridgehead atoms. The monoisotopic (exact) mass is 391 g/mol. The van der Waals surface area contributed by atoms with Crippen LogP contribution in [0.15, 0.2) is 42.5 Å². The van der Waals surface area contributed by atoms with Gasteiger partial charge in [-0.1, -0.05) is 77.1 Å². The summed E-state index contributed by atoms with van der Waals surface area (Å²) in [7, 11) is 0. The zero-order valence-electron chi connectivity index (χ0n) is 18.2. The normalized spacial score (nSPS) is 27.0. The van der Waals surface area contributed by atoms with Crippen LogP contribution in [-0.4, -0.2) is 4.98 Å². The molecule has 0 amide bonds. The Labute approximate surface area is 174 Å². The van der Waals surface area contributed by atoms with E-state index < -0.39 is 0 Å². The van der Waals surface area contributed by atoms with Crippen molar-refractivity contribution in [1.29, 1.82) is 0 Å². The van der Waals surface area contributed by atoms with Crippen LogP contribution < -0.4 is 0 Å². The van der Waals surface area contributed by atoms with Gasteiger partial charge in [0.15, 0.2) is 0 Å². The standard InChI is InChI=1S/C26H33NS/c1-16(2)19-10-13-21-23-22(14-17(3)26(21,7)15-19)27-24(28-23)18-8-11-20(12-9-18)25(4,5)6/h8-9,11-13,17,19H,1,10,14-15H2,2-7H3/t17-,19-,26+/m1/s1. The lowest BCUT2D eigenvalue weighted by atomic mass is 9.59. The predicted molar refractivity (Wildman–Crippen MR) is 123 cm³/mol. The maximum Gasteiger partial charge on any atom is 0.124 e. The minimum Gasteiger partial charge on any atom is -0.240 e. The highest BCUT2D eigenvalue weighted by Crippen LogP contribution is 2.57. The number of hydrogen-bond acceptors (Lipinski definition) is 2. The van der Waals surface area contributed by atoms with E-state index in [1.165, 1.54) is 38.7 Å². The van der Waals surface area contributed by atoms with Gasteiger partial charge < -0.3 is 0 Å². The minimum atomic E-state index is 0.185.